The van der Waals surface area contributed by atoms with E-state index in [0.717, 1.165) is 43.3 Å². The Kier molecular flexibility index (Phi) is 4.80. The zero-order valence-electron chi connectivity index (χ0n) is 14.4. The Balaban J connectivity index is 1.81. The first kappa shape index (κ1) is 19.3. The van der Waals surface area contributed by atoms with E-state index < -0.39 is 64.4 Å². The Hall–Kier alpha value is -3.43. The molecule has 0 radical (unpaired) electrons. The standard InChI is InChI=1S/C18H13F4N3O3/c1-18(11-6-9(19)2-4-12(11)21)16(27)25(17(28)24-18)8-15(26)23-14-7-10(20)3-5-13(14)22/h2-7H,8H2,1H3,(H,23,26)(H,24,28). The average molecular weight is 395 g/mol. The van der Waals surface area contributed by atoms with Crippen LogP contribution in [-0.2, 0) is 15.1 Å². The van der Waals surface area contributed by atoms with Crippen LogP contribution in [0.1, 0.15) is 12.5 Å². The summed E-state index contributed by atoms with van der Waals surface area (Å²) in [5.74, 6) is -5.46. The van der Waals surface area contributed by atoms with Crippen LogP contribution in [0.15, 0.2) is 36.4 Å². The summed E-state index contributed by atoms with van der Waals surface area (Å²) in [4.78, 5) is 37.3. The normalized spacial score (nSPS) is 19.0. The van der Waals surface area contributed by atoms with Crippen LogP contribution in [0, 0.1) is 23.3 Å². The van der Waals surface area contributed by atoms with Gasteiger partial charge in [-0.05, 0) is 37.3 Å². The van der Waals surface area contributed by atoms with Crippen molar-refractivity contribution < 1.29 is 31.9 Å². The molecule has 28 heavy (non-hydrogen) atoms. The molecule has 2 aromatic rings. The van der Waals surface area contributed by atoms with E-state index in [1.807, 2.05) is 5.32 Å². The maximum atomic E-state index is 14.1. The van der Waals surface area contributed by atoms with Crippen LogP contribution in [0.5, 0.6) is 0 Å². The van der Waals surface area contributed by atoms with Gasteiger partial charge in [-0.3, -0.25) is 14.5 Å². The van der Waals surface area contributed by atoms with Gasteiger partial charge in [0.25, 0.3) is 5.91 Å². The van der Waals surface area contributed by atoms with E-state index in [1.54, 1.807) is 0 Å². The van der Waals surface area contributed by atoms with Crippen LogP contribution < -0.4 is 10.6 Å². The summed E-state index contributed by atoms with van der Waals surface area (Å²) in [6.45, 7) is 0.322. The molecule has 1 saturated heterocycles. The van der Waals surface area contributed by atoms with Crippen LogP contribution in [0.4, 0.5) is 28.0 Å². The van der Waals surface area contributed by atoms with Crippen molar-refractivity contribution in [3.8, 4) is 0 Å². The number of urea groups is 1. The van der Waals surface area contributed by atoms with Crippen LogP contribution in [-0.4, -0.2) is 29.3 Å². The minimum atomic E-state index is -1.94. The molecule has 0 bridgehead atoms. The number of nitrogens with one attached hydrogen (secondary N) is 2. The summed E-state index contributed by atoms with van der Waals surface area (Å²) in [6.07, 6.45) is 0. The summed E-state index contributed by atoms with van der Waals surface area (Å²) in [5.41, 5.74) is -2.82. The van der Waals surface area contributed by atoms with Gasteiger partial charge >= 0.3 is 6.03 Å². The molecule has 1 heterocycles. The van der Waals surface area contributed by atoms with Crippen LogP contribution in [0.25, 0.3) is 0 Å². The maximum Gasteiger partial charge on any atom is 0.325 e. The molecule has 1 fully saturated rings. The smallest absolute Gasteiger partial charge is 0.322 e. The van der Waals surface area contributed by atoms with Gasteiger partial charge in [0.1, 0.15) is 35.4 Å². The second-order valence-corrected chi connectivity index (χ2v) is 6.24. The number of rotatable bonds is 4. The van der Waals surface area contributed by atoms with Crippen molar-refractivity contribution in [1.82, 2.24) is 10.2 Å². The summed E-state index contributed by atoms with van der Waals surface area (Å²) in [7, 11) is 0. The molecule has 1 atom stereocenters. The molecule has 2 aromatic carbocycles. The third-order valence-electron chi connectivity index (χ3n) is 4.25. The number of hydrogen-bond donors (Lipinski definition) is 2. The fraction of sp³-hybridized carbons (Fsp3) is 0.167. The molecule has 1 unspecified atom stereocenters. The first-order valence-electron chi connectivity index (χ1n) is 7.96. The summed E-state index contributed by atoms with van der Waals surface area (Å²) < 4.78 is 54.3. The fourth-order valence-corrected chi connectivity index (χ4v) is 2.83. The van der Waals surface area contributed by atoms with Crippen LogP contribution >= 0.6 is 0 Å². The van der Waals surface area contributed by atoms with E-state index in [0.29, 0.717) is 4.90 Å². The van der Waals surface area contributed by atoms with Gasteiger partial charge in [0, 0.05) is 11.6 Å². The summed E-state index contributed by atoms with van der Waals surface area (Å²) >= 11 is 0. The zero-order chi connectivity index (χ0) is 20.6. The molecule has 0 aromatic heterocycles. The van der Waals surface area contributed by atoms with Gasteiger partial charge in [-0.25, -0.2) is 22.4 Å². The Morgan fingerprint density at radius 3 is 2.32 bits per heavy atom. The monoisotopic (exact) mass is 395 g/mol. The number of amides is 4. The molecule has 1 aliphatic rings. The quantitative estimate of drug-likeness (QED) is 0.617. The first-order chi connectivity index (χ1) is 13.1. The van der Waals surface area contributed by atoms with E-state index >= 15 is 0 Å². The lowest BCUT2D eigenvalue weighted by molar-refractivity contribution is -0.133. The molecule has 4 amide bonds. The van der Waals surface area contributed by atoms with Gasteiger partial charge in [-0.1, -0.05) is 0 Å². The van der Waals surface area contributed by atoms with E-state index in [1.165, 1.54) is 0 Å². The van der Waals surface area contributed by atoms with Gasteiger partial charge in [0.05, 0.1) is 5.69 Å². The van der Waals surface area contributed by atoms with E-state index in [9.17, 15) is 31.9 Å². The zero-order valence-corrected chi connectivity index (χ0v) is 14.4. The highest BCUT2D eigenvalue weighted by molar-refractivity contribution is 6.10. The Morgan fingerprint density at radius 1 is 1.04 bits per heavy atom. The van der Waals surface area contributed by atoms with E-state index in [2.05, 4.69) is 5.32 Å². The number of hydrogen-bond acceptors (Lipinski definition) is 3. The molecule has 10 heteroatoms. The van der Waals surface area contributed by atoms with Crippen molar-refractivity contribution in [2.75, 3.05) is 11.9 Å². The Morgan fingerprint density at radius 2 is 1.64 bits per heavy atom. The van der Waals surface area contributed by atoms with Crippen LogP contribution in [0.3, 0.4) is 0 Å². The van der Waals surface area contributed by atoms with Gasteiger partial charge < -0.3 is 10.6 Å². The maximum absolute atomic E-state index is 14.1. The third kappa shape index (κ3) is 3.40. The minimum absolute atomic E-state index is 0.412. The highest BCUT2D eigenvalue weighted by Gasteiger charge is 2.50. The number of carbonyl (C=O) groups is 3. The number of benzene rings is 2. The second kappa shape index (κ2) is 6.95. The molecule has 0 aliphatic carbocycles. The second-order valence-electron chi connectivity index (χ2n) is 6.24. The van der Waals surface area contributed by atoms with Crippen molar-refractivity contribution in [2.24, 2.45) is 0 Å². The van der Waals surface area contributed by atoms with Gasteiger partial charge in [0.2, 0.25) is 5.91 Å². The average Bonchev–Trinajstić information content (AvgIpc) is 2.84. The third-order valence-corrected chi connectivity index (χ3v) is 4.25. The topological polar surface area (TPSA) is 78.5 Å². The van der Waals surface area contributed by atoms with Crippen molar-refractivity contribution >= 4 is 23.5 Å². The number of carbonyl (C=O) groups excluding carboxylic acids is 3. The first-order valence-corrected chi connectivity index (χ1v) is 7.96. The molecule has 0 spiro atoms. The lowest BCUT2D eigenvalue weighted by Crippen LogP contribution is -2.42. The lowest BCUT2D eigenvalue weighted by atomic mass is 9.91. The highest BCUT2D eigenvalue weighted by atomic mass is 19.1. The summed E-state index contributed by atoms with van der Waals surface area (Å²) in [5, 5.41) is 4.27. The number of anilines is 1. The van der Waals surface area contributed by atoms with Crippen molar-refractivity contribution in [1.29, 1.82) is 0 Å². The summed E-state index contributed by atoms with van der Waals surface area (Å²) in [6, 6.07) is 3.76. The minimum Gasteiger partial charge on any atom is -0.322 e. The number of halogens is 4. The molecule has 146 valence electrons. The highest BCUT2D eigenvalue weighted by Crippen LogP contribution is 2.31. The van der Waals surface area contributed by atoms with Gasteiger partial charge in [0.15, 0.2) is 0 Å². The van der Waals surface area contributed by atoms with E-state index in [-0.39, 0.29) is 0 Å². The Bertz CT molecular complexity index is 998. The molecule has 1 aliphatic heterocycles. The molecule has 3 rings (SSSR count). The number of imide groups is 1. The molecular weight excluding hydrogens is 382 g/mol. The lowest BCUT2D eigenvalue weighted by Gasteiger charge is -2.22. The van der Waals surface area contributed by atoms with Crippen LogP contribution in [0.2, 0.25) is 0 Å². The predicted octanol–water partition coefficient (Wildman–Crippen LogP) is 2.65. The molecule has 2 N–H and O–H groups in total. The SMILES string of the molecule is CC1(c2cc(F)ccc2F)NC(=O)N(CC(=O)Nc2cc(F)ccc2F)C1=O. The van der Waals surface area contributed by atoms with Gasteiger partial charge in [-0.2, -0.15) is 0 Å². The molecular formula is C18H13F4N3O3. The Labute approximate surface area is 156 Å². The van der Waals surface area contributed by atoms with Crippen molar-refractivity contribution in [2.45, 2.75) is 12.5 Å². The molecule has 6 nitrogen and oxygen atoms in total. The largest absolute Gasteiger partial charge is 0.325 e. The number of nitrogens with zero attached hydrogens (tertiary/aromatic N) is 1. The predicted molar refractivity (Wildman–Crippen MR) is 88.9 cm³/mol. The molecule has 0 saturated carbocycles. The van der Waals surface area contributed by atoms with Crippen molar-refractivity contribution in [3.05, 3.63) is 65.2 Å². The van der Waals surface area contributed by atoms with Gasteiger partial charge in [-0.15, -0.1) is 0 Å². The fourth-order valence-electron chi connectivity index (χ4n) is 2.83. The van der Waals surface area contributed by atoms with E-state index in [4.69, 9.17) is 0 Å². The van der Waals surface area contributed by atoms with Crippen molar-refractivity contribution in [3.63, 3.8) is 0 Å².